The molecule has 0 saturated carbocycles. The minimum atomic E-state index is 0.682. The standard InChI is InChI=1S/C20H13BrClN3/c21-14-7-5-13(6-8-14)19-20(17-3-1-2-4-18(17)23-19)25-24-16-11-9-15(22)10-12-16/h1-12,23H. The summed E-state index contributed by atoms with van der Waals surface area (Å²) < 4.78 is 1.04. The molecule has 0 aliphatic heterocycles. The Labute approximate surface area is 158 Å². The Morgan fingerprint density at radius 3 is 2.28 bits per heavy atom. The van der Waals surface area contributed by atoms with Gasteiger partial charge < -0.3 is 4.98 Å². The first-order chi connectivity index (χ1) is 12.2. The van der Waals surface area contributed by atoms with Gasteiger partial charge in [-0.1, -0.05) is 57.9 Å². The van der Waals surface area contributed by atoms with Gasteiger partial charge in [0.15, 0.2) is 0 Å². The van der Waals surface area contributed by atoms with E-state index in [0.717, 1.165) is 38.0 Å². The number of H-pyrrole nitrogens is 1. The molecule has 0 aliphatic carbocycles. The first-order valence-corrected chi connectivity index (χ1v) is 8.92. The second-order valence-electron chi connectivity index (χ2n) is 5.58. The third-order valence-corrected chi connectivity index (χ3v) is 4.68. The van der Waals surface area contributed by atoms with Gasteiger partial charge in [-0.05, 0) is 42.5 Å². The zero-order valence-corrected chi connectivity index (χ0v) is 15.4. The molecular formula is C20H13BrClN3. The Bertz CT molecular complexity index is 1050. The Morgan fingerprint density at radius 2 is 1.52 bits per heavy atom. The van der Waals surface area contributed by atoms with E-state index in [1.54, 1.807) is 12.1 Å². The average Bonchev–Trinajstić information content (AvgIpc) is 3.00. The fourth-order valence-corrected chi connectivity index (χ4v) is 3.06. The van der Waals surface area contributed by atoms with Crippen LogP contribution in [0, 0.1) is 0 Å². The van der Waals surface area contributed by atoms with Crippen LogP contribution in [-0.2, 0) is 0 Å². The molecule has 1 N–H and O–H groups in total. The fourth-order valence-electron chi connectivity index (χ4n) is 2.67. The summed E-state index contributed by atoms with van der Waals surface area (Å²) in [6, 6.07) is 23.5. The third-order valence-electron chi connectivity index (χ3n) is 3.90. The first kappa shape index (κ1) is 16.1. The van der Waals surface area contributed by atoms with E-state index in [1.807, 2.05) is 48.5 Å². The molecule has 3 aromatic carbocycles. The number of para-hydroxylation sites is 1. The van der Waals surface area contributed by atoms with Crippen molar-refractivity contribution in [2.24, 2.45) is 10.2 Å². The van der Waals surface area contributed by atoms with Crippen molar-refractivity contribution in [3.8, 4) is 11.3 Å². The number of halogens is 2. The van der Waals surface area contributed by atoms with Crippen molar-refractivity contribution in [1.82, 2.24) is 4.98 Å². The molecule has 0 atom stereocenters. The molecule has 0 amide bonds. The highest BCUT2D eigenvalue weighted by Gasteiger charge is 2.12. The predicted octanol–water partition coefficient (Wildman–Crippen LogP) is 7.67. The van der Waals surface area contributed by atoms with Gasteiger partial charge in [0.1, 0.15) is 5.69 Å². The predicted molar refractivity (Wildman–Crippen MR) is 107 cm³/mol. The molecule has 1 aromatic heterocycles. The van der Waals surface area contributed by atoms with Crippen LogP contribution in [0.3, 0.4) is 0 Å². The number of aromatic amines is 1. The van der Waals surface area contributed by atoms with Crippen LogP contribution in [0.1, 0.15) is 0 Å². The summed E-state index contributed by atoms with van der Waals surface area (Å²) in [5.74, 6) is 0. The summed E-state index contributed by atoms with van der Waals surface area (Å²) in [5.41, 5.74) is 4.63. The maximum atomic E-state index is 5.93. The van der Waals surface area contributed by atoms with Crippen molar-refractivity contribution in [1.29, 1.82) is 0 Å². The zero-order chi connectivity index (χ0) is 17.2. The lowest BCUT2D eigenvalue weighted by molar-refractivity contribution is 1.24. The summed E-state index contributed by atoms with van der Waals surface area (Å²) in [5, 5.41) is 10.6. The maximum Gasteiger partial charge on any atom is 0.119 e. The van der Waals surface area contributed by atoms with Crippen molar-refractivity contribution < 1.29 is 0 Å². The molecule has 25 heavy (non-hydrogen) atoms. The Hall–Kier alpha value is -2.43. The molecule has 0 bridgehead atoms. The van der Waals surface area contributed by atoms with Crippen LogP contribution in [-0.4, -0.2) is 4.98 Å². The van der Waals surface area contributed by atoms with Gasteiger partial charge in [-0.25, -0.2) is 0 Å². The van der Waals surface area contributed by atoms with E-state index in [2.05, 4.69) is 43.3 Å². The normalized spacial score (nSPS) is 11.4. The monoisotopic (exact) mass is 409 g/mol. The van der Waals surface area contributed by atoms with Crippen LogP contribution >= 0.6 is 27.5 Å². The minimum Gasteiger partial charge on any atom is -0.353 e. The van der Waals surface area contributed by atoms with Gasteiger partial charge in [-0.15, -0.1) is 5.11 Å². The average molecular weight is 411 g/mol. The Kier molecular flexibility index (Phi) is 4.38. The van der Waals surface area contributed by atoms with Crippen molar-refractivity contribution in [2.75, 3.05) is 0 Å². The second kappa shape index (κ2) is 6.82. The molecule has 0 unspecified atom stereocenters. The SMILES string of the molecule is Clc1ccc(N=Nc2c(-c3ccc(Br)cc3)[nH]c3ccccc23)cc1. The molecule has 3 nitrogen and oxygen atoms in total. The molecule has 0 aliphatic rings. The number of benzene rings is 3. The number of nitrogens with one attached hydrogen (secondary N) is 1. The first-order valence-electron chi connectivity index (χ1n) is 7.75. The van der Waals surface area contributed by atoms with Gasteiger partial charge in [-0.3, -0.25) is 0 Å². The molecule has 0 saturated heterocycles. The van der Waals surface area contributed by atoms with Crippen LogP contribution < -0.4 is 0 Å². The van der Waals surface area contributed by atoms with E-state index in [1.165, 1.54) is 0 Å². The Morgan fingerprint density at radius 1 is 0.800 bits per heavy atom. The highest BCUT2D eigenvalue weighted by Crippen LogP contribution is 2.38. The number of rotatable bonds is 3. The topological polar surface area (TPSA) is 40.5 Å². The lowest BCUT2D eigenvalue weighted by Crippen LogP contribution is -1.77. The molecule has 0 fully saturated rings. The molecule has 122 valence electrons. The summed E-state index contributed by atoms with van der Waals surface area (Å²) in [7, 11) is 0. The van der Waals surface area contributed by atoms with Crippen LogP contribution in [0.2, 0.25) is 5.02 Å². The molecule has 0 radical (unpaired) electrons. The van der Waals surface area contributed by atoms with Crippen LogP contribution in [0.15, 0.2) is 87.5 Å². The number of hydrogen-bond acceptors (Lipinski definition) is 2. The second-order valence-corrected chi connectivity index (χ2v) is 6.93. The van der Waals surface area contributed by atoms with Crippen molar-refractivity contribution in [3.63, 3.8) is 0 Å². The maximum absolute atomic E-state index is 5.93. The van der Waals surface area contributed by atoms with Gasteiger partial charge in [-0.2, -0.15) is 5.11 Å². The molecule has 4 aromatic rings. The summed E-state index contributed by atoms with van der Waals surface area (Å²) >= 11 is 9.40. The van der Waals surface area contributed by atoms with E-state index in [0.29, 0.717) is 5.02 Å². The van der Waals surface area contributed by atoms with Gasteiger partial charge in [0.2, 0.25) is 0 Å². The highest BCUT2D eigenvalue weighted by molar-refractivity contribution is 9.10. The quantitative estimate of drug-likeness (QED) is 0.337. The summed E-state index contributed by atoms with van der Waals surface area (Å²) in [6.45, 7) is 0. The van der Waals surface area contributed by atoms with E-state index in [9.17, 15) is 0 Å². The third kappa shape index (κ3) is 3.36. The van der Waals surface area contributed by atoms with E-state index < -0.39 is 0 Å². The zero-order valence-electron chi connectivity index (χ0n) is 13.1. The van der Waals surface area contributed by atoms with Crippen LogP contribution in [0.4, 0.5) is 11.4 Å². The molecule has 0 spiro atoms. The Balaban J connectivity index is 1.84. The van der Waals surface area contributed by atoms with Crippen molar-refractivity contribution in [3.05, 3.63) is 82.3 Å². The van der Waals surface area contributed by atoms with E-state index in [-0.39, 0.29) is 0 Å². The van der Waals surface area contributed by atoms with Gasteiger partial charge in [0.05, 0.1) is 11.4 Å². The van der Waals surface area contributed by atoms with Gasteiger partial charge in [0.25, 0.3) is 0 Å². The van der Waals surface area contributed by atoms with Crippen LogP contribution in [0.5, 0.6) is 0 Å². The lowest BCUT2D eigenvalue weighted by Gasteiger charge is -2.01. The minimum absolute atomic E-state index is 0.682. The fraction of sp³-hybridized carbons (Fsp3) is 0. The van der Waals surface area contributed by atoms with Crippen LogP contribution in [0.25, 0.3) is 22.2 Å². The van der Waals surface area contributed by atoms with Gasteiger partial charge >= 0.3 is 0 Å². The van der Waals surface area contributed by atoms with Crippen molar-refractivity contribution >= 4 is 49.8 Å². The molecule has 5 heteroatoms. The smallest absolute Gasteiger partial charge is 0.119 e. The number of nitrogens with zero attached hydrogens (tertiary/aromatic N) is 2. The number of azo groups is 1. The highest BCUT2D eigenvalue weighted by atomic mass is 79.9. The number of aromatic nitrogens is 1. The molecular weight excluding hydrogens is 398 g/mol. The molecule has 1 heterocycles. The number of fused-ring (bicyclic) bond motifs is 1. The summed E-state index contributed by atoms with van der Waals surface area (Å²) in [4.78, 5) is 3.46. The molecule has 4 rings (SSSR count). The van der Waals surface area contributed by atoms with Gasteiger partial charge in [0, 0.05) is 26.0 Å². The summed E-state index contributed by atoms with van der Waals surface area (Å²) in [6.07, 6.45) is 0. The van der Waals surface area contributed by atoms with E-state index >= 15 is 0 Å². The lowest BCUT2D eigenvalue weighted by atomic mass is 10.1. The van der Waals surface area contributed by atoms with E-state index in [4.69, 9.17) is 11.6 Å². The largest absolute Gasteiger partial charge is 0.353 e. The van der Waals surface area contributed by atoms with Crippen molar-refractivity contribution in [2.45, 2.75) is 0 Å². The number of hydrogen-bond donors (Lipinski definition) is 1.